The van der Waals surface area contributed by atoms with Crippen molar-refractivity contribution in [2.45, 2.75) is 43.4 Å². The Labute approximate surface area is 131 Å². The number of thiol groups is 1. The molecule has 2 rings (SSSR count). The summed E-state index contributed by atoms with van der Waals surface area (Å²) in [5.74, 6) is -1.93. The molecule has 0 bridgehead atoms. The molecule has 0 aliphatic carbocycles. The second kappa shape index (κ2) is 6.82. The molecule has 0 radical (unpaired) electrons. The number of esters is 1. The number of fused-ring (bicyclic) bond motifs is 1. The third kappa shape index (κ3) is 3.05. The summed E-state index contributed by atoms with van der Waals surface area (Å²) in [5.41, 5.74) is 0. The highest BCUT2D eigenvalue weighted by Gasteiger charge is 2.55. The molecule has 0 unspecified atom stereocenters. The Morgan fingerprint density at radius 3 is 2.55 bits per heavy atom. The molecule has 10 heteroatoms. The summed E-state index contributed by atoms with van der Waals surface area (Å²) in [5, 5.41) is 31.9. The third-order valence-corrected chi connectivity index (χ3v) is 4.05. The highest BCUT2D eigenvalue weighted by atomic mass is 32.1. The van der Waals surface area contributed by atoms with Crippen LogP contribution in [0.1, 0.15) is 12.8 Å². The Hall–Kier alpha value is -1.36. The fourth-order valence-electron chi connectivity index (χ4n) is 2.55. The van der Waals surface area contributed by atoms with Gasteiger partial charge < -0.3 is 30.3 Å². The lowest BCUT2D eigenvalue weighted by Crippen LogP contribution is -2.68. The first-order valence-corrected chi connectivity index (χ1v) is 7.45. The number of nitrogens with zero attached hydrogens (tertiary/aromatic N) is 1. The van der Waals surface area contributed by atoms with Crippen LogP contribution in [0.25, 0.3) is 0 Å². The van der Waals surface area contributed by atoms with Gasteiger partial charge in [-0.2, -0.15) is 12.6 Å². The molecule has 0 aromatic carbocycles. The van der Waals surface area contributed by atoms with Crippen LogP contribution < -0.4 is 5.32 Å². The Morgan fingerprint density at radius 2 is 1.91 bits per heavy atom. The van der Waals surface area contributed by atoms with Crippen LogP contribution in [0.5, 0.6) is 0 Å². The monoisotopic (exact) mass is 334 g/mol. The number of amides is 2. The van der Waals surface area contributed by atoms with Crippen molar-refractivity contribution in [3.05, 3.63) is 0 Å². The Kier molecular flexibility index (Phi) is 5.27. The molecule has 0 aromatic heterocycles. The van der Waals surface area contributed by atoms with E-state index in [1.807, 2.05) is 0 Å². The summed E-state index contributed by atoms with van der Waals surface area (Å²) in [7, 11) is 0. The van der Waals surface area contributed by atoms with E-state index < -0.39 is 48.3 Å². The number of hydrogen-bond donors (Lipinski definition) is 5. The molecule has 0 aromatic rings. The average Bonchev–Trinajstić information content (AvgIpc) is 2.79. The van der Waals surface area contributed by atoms with Crippen molar-refractivity contribution in [2.75, 3.05) is 12.4 Å². The number of aliphatic hydroxyl groups is 3. The maximum absolute atomic E-state index is 11.8. The molecule has 2 fully saturated rings. The summed E-state index contributed by atoms with van der Waals surface area (Å²) in [6.45, 7) is -0.381. The molecule has 5 atom stereocenters. The van der Waals surface area contributed by atoms with E-state index in [1.165, 1.54) is 0 Å². The summed E-state index contributed by atoms with van der Waals surface area (Å²) < 4.78 is 4.97. The standard InChI is InChI=1S/C12H18N2O7S/c15-6(2-1-3-22)21-4-5-7(16)8(17)9(18)10-13-11(19)12(20)14(5)10/h5,7-10,16-18,22H,1-4H2,(H,13,19)/t5-,7-,8+,9+,10+/m1/s1. The van der Waals surface area contributed by atoms with E-state index in [-0.39, 0.29) is 13.0 Å². The molecule has 4 N–H and O–H groups in total. The van der Waals surface area contributed by atoms with Crippen molar-refractivity contribution in [3.63, 3.8) is 0 Å². The van der Waals surface area contributed by atoms with Gasteiger partial charge in [0.15, 0.2) is 0 Å². The van der Waals surface area contributed by atoms with Gasteiger partial charge in [-0.25, -0.2) is 0 Å². The quantitative estimate of drug-likeness (QED) is 0.205. The van der Waals surface area contributed by atoms with Gasteiger partial charge in [0.2, 0.25) is 0 Å². The Balaban J connectivity index is 2.08. The summed E-state index contributed by atoms with van der Waals surface area (Å²) in [4.78, 5) is 35.7. The van der Waals surface area contributed by atoms with E-state index in [0.29, 0.717) is 12.2 Å². The lowest BCUT2D eigenvalue weighted by Gasteiger charge is -2.44. The second-order valence-corrected chi connectivity index (χ2v) is 5.63. The molecule has 2 aliphatic heterocycles. The minimum absolute atomic E-state index is 0.131. The van der Waals surface area contributed by atoms with Crippen LogP contribution in [-0.4, -0.2) is 80.9 Å². The molecule has 0 spiro atoms. The second-order valence-electron chi connectivity index (χ2n) is 5.18. The highest BCUT2D eigenvalue weighted by Crippen LogP contribution is 2.27. The SMILES string of the molecule is O=C(CCCS)OC[C@@H]1[C@@H](O)[C@H](O)[C@H](O)[C@H]2NC(=O)C(=O)N12. The van der Waals surface area contributed by atoms with Gasteiger partial charge in [0.05, 0.1) is 6.04 Å². The van der Waals surface area contributed by atoms with Crippen LogP contribution in [0.3, 0.4) is 0 Å². The van der Waals surface area contributed by atoms with E-state index in [0.717, 1.165) is 4.90 Å². The minimum atomic E-state index is -1.58. The molecular weight excluding hydrogens is 316 g/mol. The third-order valence-electron chi connectivity index (χ3n) is 3.74. The minimum Gasteiger partial charge on any atom is -0.463 e. The van der Waals surface area contributed by atoms with E-state index in [9.17, 15) is 29.7 Å². The molecule has 2 amide bonds. The first kappa shape index (κ1) is 17.0. The number of rotatable bonds is 5. The maximum Gasteiger partial charge on any atom is 0.314 e. The Morgan fingerprint density at radius 1 is 1.23 bits per heavy atom. The smallest absolute Gasteiger partial charge is 0.314 e. The number of carbonyl (C=O) groups excluding carboxylic acids is 3. The van der Waals surface area contributed by atoms with Crippen LogP contribution in [0.4, 0.5) is 0 Å². The number of aliphatic hydroxyl groups excluding tert-OH is 3. The van der Waals surface area contributed by atoms with Crippen LogP contribution in [0.15, 0.2) is 0 Å². The molecule has 2 aliphatic rings. The predicted molar refractivity (Wildman–Crippen MR) is 74.6 cm³/mol. The van der Waals surface area contributed by atoms with E-state index in [4.69, 9.17) is 4.74 Å². The van der Waals surface area contributed by atoms with Gasteiger partial charge >= 0.3 is 17.8 Å². The van der Waals surface area contributed by atoms with Crippen molar-refractivity contribution in [3.8, 4) is 0 Å². The highest BCUT2D eigenvalue weighted by molar-refractivity contribution is 7.80. The van der Waals surface area contributed by atoms with E-state index in [2.05, 4.69) is 17.9 Å². The van der Waals surface area contributed by atoms with Gasteiger partial charge in [-0.3, -0.25) is 14.4 Å². The zero-order chi connectivity index (χ0) is 16.4. The number of nitrogens with one attached hydrogen (secondary N) is 1. The number of carbonyl (C=O) groups is 3. The predicted octanol–water partition coefficient (Wildman–Crippen LogP) is -3.01. The molecule has 0 saturated carbocycles. The van der Waals surface area contributed by atoms with Crippen LogP contribution >= 0.6 is 12.6 Å². The zero-order valence-electron chi connectivity index (χ0n) is 11.6. The van der Waals surface area contributed by atoms with E-state index in [1.54, 1.807) is 0 Å². The summed E-state index contributed by atoms with van der Waals surface area (Å²) >= 11 is 3.96. The summed E-state index contributed by atoms with van der Waals surface area (Å²) in [6, 6.07) is -1.12. The molecular formula is C12H18N2O7S. The lowest BCUT2D eigenvalue weighted by atomic mass is 9.92. The van der Waals surface area contributed by atoms with Gasteiger partial charge in [-0.1, -0.05) is 0 Å². The van der Waals surface area contributed by atoms with Crippen molar-refractivity contribution < 1.29 is 34.4 Å². The van der Waals surface area contributed by atoms with Crippen LogP contribution in [0.2, 0.25) is 0 Å². The Bertz CT molecular complexity index is 474. The largest absolute Gasteiger partial charge is 0.463 e. The molecule has 9 nitrogen and oxygen atoms in total. The van der Waals surface area contributed by atoms with Crippen molar-refractivity contribution in [2.24, 2.45) is 0 Å². The zero-order valence-corrected chi connectivity index (χ0v) is 12.5. The lowest BCUT2D eigenvalue weighted by molar-refractivity contribution is -0.181. The summed E-state index contributed by atoms with van der Waals surface area (Å²) in [6.07, 6.45) is -5.15. The molecule has 124 valence electrons. The van der Waals surface area contributed by atoms with Gasteiger partial charge in [0.1, 0.15) is 31.1 Å². The van der Waals surface area contributed by atoms with Crippen LogP contribution in [0, 0.1) is 0 Å². The molecule has 2 saturated heterocycles. The van der Waals surface area contributed by atoms with Crippen LogP contribution in [-0.2, 0) is 19.1 Å². The fourth-order valence-corrected chi connectivity index (χ4v) is 2.71. The first-order valence-electron chi connectivity index (χ1n) is 6.82. The van der Waals surface area contributed by atoms with E-state index >= 15 is 0 Å². The normalized spacial score (nSPS) is 34.4. The van der Waals surface area contributed by atoms with Gasteiger partial charge in [-0.05, 0) is 12.2 Å². The van der Waals surface area contributed by atoms with Gasteiger partial charge in [-0.15, -0.1) is 0 Å². The fraction of sp³-hybridized carbons (Fsp3) is 0.750. The van der Waals surface area contributed by atoms with Crippen molar-refractivity contribution in [1.29, 1.82) is 0 Å². The van der Waals surface area contributed by atoms with Crippen molar-refractivity contribution in [1.82, 2.24) is 10.2 Å². The molecule has 2 heterocycles. The van der Waals surface area contributed by atoms with Gasteiger partial charge in [0, 0.05) is 6.42 Å². The topological polar surface area (TPSA) is 136 Å². The number of piperidine rings is 1. The molecule has 22 heavy (non-hydrogen) atoms. The average molecular weight is 334 g/mol. The number of ether oxygens (including phenoxy) is 1. The number of hydrogen-bond acceptors (Lipinski definition) is 8. The maximum atomic E-state index is 11.8. The first-order chi connectivity index (χ1) is 10.4. The van der Waals surface area contributed by atoms with Gasteiger partial charge in [0.25, 0.3) is 0 Å². The van der Waals surface area contributed by atoms with Crippen molar-refractivity contribution >= 4 is 30.4 Å².